The number of fused-ring (bicyclic) bond motifs is 1. The second-order valence-corrected chi connectivity index (χ2v) is 3.66. The van der Waals surface area contributed by atoms with Crippen molar-refractivity contribution in [3.8, 4) is 0 Å². The number of carbonyl (C=O) groups excluding carboxylic acids is 1. The van der Waals surface area contributed by atoms with Crippen LogP contribution in [-0.2, 0) is 0 Å². The van der Waals surface area contributed by atoms with Crippen LogP contribution in [0.2, 0.25) is 0 Å². The Morgan fingerprint density at radius 2 is 2.23 bits per heavy atom. The zero-order chi connectivity index (χ0) is 9.26. The van der Waals surface area contributed by atoms with E-state index in [0.29, 0.717) is 0 Å². The Bertz CT molecular complexity index is 447. The lowest BCUT2D eigenvalue weighted by Gasteiger charge is -2.00. The highest BCUT2D eigenvalue weighted by molar-refractivity contribution is 7.17. The van der Waals surface area contributed by atoms with E-state index in [-0.39, 0.29) is 5.91 Å². The zero-order valence-electron chi connectivity index (χ0n) is 7.20. The topological polar surface area (TPSA) is 29.1 Å². The molecule has 0 aliphatic carbocycles. The van der Waals surface area contributed by atoms with Crippen LogP contribution in [0.4, 0.5) is 0 Å². The fourth-order valence-corrected chi connectivity index (χ4v) is 2.14. The minimum Gasteiger partial charge on any atom is -0.355 e. The lowest BCUT2D eigenvalue weighted by Crippen LogP contribution is -2.17. The van der Waals surface area contributed by atoms with Gasteiger partial charge >= 0.3 is 0 Å². The van der Waals surface area contributed by atoms with Crippen LogP contribution >= 0.6 is 11.3 Å². The number of rotatable bonds is 1. The molecule has 1 aromatic carbocycles. The molecular weight excluding hydrogens is 182 g/mol. The van der Waals surface area contributed by atoms with Crippen molar-refractivity contribution >= 4 is 27.3 Å². The molecule has 0 saturated carbocycles. The van der Waals surface area contributed by atoms with Crippen molar-refractivity contribution in [3.63, 3.8) is 0 Å². The van der Waals surface area contributed by atoms with E-state index in [1.165, 1.54) is 0 Å². The van der Waals surface area contributed by atoms with Crippen molar-refractivity contribution in [1.29, 1.82) is 0 Å². The minimum absolute atomic E-state index is 0.0241. The highest BCUT2D eigenvalue weighted by Crippen LogP contribution is 2.23. The van der Waals surface area contributed by atoms with Gasteiger partial charge in [-0.2, -0.15) is 0 Å². The largest absolute Gasteiger partial charge is 0.355 e. The second kappa shape index (κ2) is 3.18. The quantitative estimate of drug-likeness (QED) is 0.736. The smallest absolute Gasteiger partial charge is 0.251 e. The standard InChI is InChI=1S/C10H9NOS/c1-11-10(12)8-3-2-4-9-7(8)5-6-13-9/h2-6H,1H3,(H,11,12). The molecule has 0 aliphatic heterocycles. The molecule has 2 rings (SSSR count). The molecule has 1 amide bonds. The predicted molar refractivity (Wildman–Crippen MR) is 55.2 cm³/mol. The van der Waals surface area contributed by atoms with Crippen molar-refractivity contribution < 1.29 is 4.79 Å². The first-order chi connectivity index (χ1) is 6.33. The molecule has 0 fully saturated rings. The molecule has 0 atom stereocenters. The first-order valence-electron chi connectivity index (χ1n) is 4.01. The summed E-state index contributed by atoms with van der Waals surface area (Å²) in [5.74, 6) is -0.0241. The summed E-state index contributed by atoms with van der Waals surface area (Å²) in [4.78, 5) is 11.4. The van der Waals surface area contributed by atoms with Gasteiger partial charge in [0.1, 0.15) is 0 Å². The lowest BCUT2D eigenvalue weighted by molar-refractivity contribution is 0.0965. The van der Waals surface area contributed by atoms with Gasteiger partial charge in [0, 0.05) is 22.7 Å². The summed E-state index contributed by atoms with van der Waals surface area (Å²) in [7, 11) is 1.65. The van der Waals surface area contributed by atoms with E-state index >= 15 is 0 Å². The lowest BCUT2D eigenvalue weighted by atomic mass is 10.1. The van der Waals surface area contributed by atoms with Crippen LogP contribution in [0.25, 0.3) is 10.1 Å². The number of hydrogen-bond donors (Lipinski definition) is 1. The molecule has 1 heterocycles. The molecule has 1 aromatic heterocycles. The van der Waals surface area contributed by atoms with Crippen molar-refractivity contribution in [2.45, 2.75) is 0 Å². The van der Waals surface area contributed by atoms with Gasteiger partial charge in [0.25, 0.3) is 5.91 Å². The molecule has 0 unspecified atom stereocenters. The van der Waals surface area contributed by atoms with E-state index in [4.69, 9.17) is 0 Å². The van der Waals surface area contributed by atoms with Crippen molar-refractivity contribution in [2.75, 3.05) is 7.05 Å². The fourth-order valence-electron chi connectivity index (χ4n) is 1.33. The van der Waals surface area contributed by atoms with Gasteiger partial charge in [0.05, 0.1) is 0 Å². The number of hydrogen-bond acceptors (Lipinski definition) is 2. The highest BCUT2D eigenvalue weighted by atomic mass is 32.1. The van der Waals surface area contributed by atoms with E-state index in [1.54, 1.807) is 18.4 Å². The third-order valence-electron chi connectivity index (χ3n) is 1.97. The maximum Gasteiger partial charge on any atom is 0.251 e. The van der Waals surface area contributed by atoms with E-state index in [9.17, 15) is 4.79 Å². The number of thiophene rings is 1. The SMILES string of the molecule is CNC(=O)c1cccc2sccc12. The van der Waals surface area contributed by atoms with Crippen molar-refractivity contribution in [1.82, 2.24) is 5.32 Å². The Labute approximate surface area is 80.2 Å². The summed E-state index contributed by atoms with van der Waals surface area (Å²) in [6.45, 7) is 0. The van der Waals surface area contributed by atoms with Crippen molar-refractivity contribution in [3.05, 3.63) is 35.2 Å². The molecule has 2 aromatic rings. The Hall–Kier alpha value is -1.35. The molecule has 0 bridgehead atoms. The molecule has 0 aliphatic rings. The van der Waals surface area contributed by atoms with Gasteiger partial charge in [0.2, 0.25) is 0 Å². The molecule has 0 saturated heterocycles. The first-order valence-corrected chi connectivity index (χ1v) is 4.89. The zero-order valence-corrected chi connectivity index (χ0v) is 8.02. The monoisotopic (exact) mass is 191 g/mol. The third kappa shape index (κ3) is 1.31. The molecule has 1 N–H and O–H groups in total. The van der Waals surface area contributed by atoms with E-state index < -0.39 is 0 Å². The van der Waals surface area contributed by atoms with Gasteiger partial charge in [-0.3, -0.25) is 4.79 Å². The fraction of sp³-hybridized carbons (Fsp3) is 0.100. The van der Waals surface area contributed by atoms with Gasteiger partial charge in [0.15, 0.2) is 0 Å². The van der Waals surface area contributed by atoms with E-state index in [2.05, 4.69) is 5.32 Å². The summed E-state index contributed by atoms with van der Waals surface area (Å²) in [6.07, 6.45) is 0. The summed E-state index contributed by atoms with van der Waals surface area (Å²) in [5.41, 5.74) is 0.751. The van der Waals surface area contributed by atoms with Crippen LogP contribution < -0.4 is 5.32 Å². The minimum atomic E-state index is -0.0241. The molecule has 2 nitrogen and oxygen atoms in total. The normalized spacial score (nSPS) is 10.2. The second-order valence-electron chi connectivity index (χ2n) is 2.72. The van der Waals surface area contributed by atoms with Crippen LogP contribution in [0.15, 0.2) is 29.6 Å². The van der Waals surface area contributed by atoms with Gasteiger partial charge in [-0.15, -0.1) is 11.3 Å². The Balaban J connectivity index is 2.67. The summed E-state index contributed by atoms with van der Waals surface area (Å²) >= 11 is 1.65. The summed E-state index contributed by atoms with van der Waals surface area (Å²) in [5, 5.41) is 5.66. The maximum atomic E-state index is 11.4. The number of nitrogens with one attached hydrogen (secondary N) is 1. The first kappa shape index (κ1) is 8.26. The summed E-state index contributed by atoms with van der Waals surface area (Å²) in [6, 6.07) is 7.74. The van der Waals surface area contributed by atoms with Crippen LogP contribution in [0.5, 0.6) is 0 Å². The van der Waals surface area contributed by atoms with Crippen LogP contribution in [-0.4, -0.2) is 13.0 Å². The molecule has 66 valence electrons. The average molecular weight is 191 g/mol. The molecule has 0 radical (unpaired) electrons. The van der Waals surface area contributed by atoms with Gasteiger partial charge in [-0.1, -0.05) is 6.07 Å². The molecule has 13 heavy (non-hydrogen) atoms. The van der Waals surface area contributed by atoms with Crippen LogP contribution in [0, 0.1) is 0 Å². The third-order valence-corrected chi connectivity index (χ3v) is 2.85. The van der Waals surface area contributed by atoms with E-state index in [0.717, 1.165) is 15.6 Å². The maximum absolute atomic E-state index is 11.4. The van der Waals surface area contributed by atoms with Gasteiger partial charge in [-0.25, -0.2) is 0 Å². The Morgan fingerprint density at radius 1 is 1.38 bits per heavy atom. The van der Waals surface area contributed by atoms with Crippen molar-refractivity contribution in [2.24, 2.45) is 0 Å². The highest BCUT2D eigenvalue weighted by Gasteiger charge is 2.07. The van der Waals surface area contributed by atoms with Gasteiger partial charge in [-0.05, 0) is 23.6 Å². The summed E-state index contributed by atoms with van der Waals surface area (Å²) < 4.78 is 1.15. The Kier molecular flexibility index (Phi) is 2.02. The Morgan fingerprint density at radius 3 is 3.00 bits per heavy atom. The average Bonchev–Trinajstić information content (AvgIpc) is 2.63. The number of amides is 1. The van der Waals surface area contributed by atoms with E-state index in [1.807, 2.05) is 29.6 Å². The molecule has 0 spiro atoms. The molecular formula is C10H9NOS. The van der Waals surface area contributed by atoms with Crippen LogP contribution in [0.3, 0.4) is 0 Å². The number of carbonyl (C=O) groups is 1. The van der Waals surface area contributed by atoms with Crippen LogP contribution in [0.1, 0.15) is 10.4 Å². The number of benzene rings is 1. The predicted octanol–water partition coefficient (Wildman–Crippen LogP) is 2.26. The molecule has 3 heteroatoms. The van der Waals surface area contributed by atoms with Gasteiger partial charge < -0.3 is 5.32 Å².